The van der Waals surface area contributed by atoms with E-state index in [1.54, 1.807) is 0 Å². The lowest BCUT2D eigenvalue weighted by Crippen LogP contribution is -2.56. The highest BCUT2D eigenvalue weighted by Gasteiger charge is 2.74. The molecule has 0 aromatic heterocycles. The van der Waals surface area contributed by atoms with E-state index in [9.17, 15) is 35.5 Å². The maximum absolute atomic E-state index is 14.0. The Labute approximate surface area is 133 Å². The summed E-state index contributed by atoms with van der Waals surface area (Å²) in [6.45, 7) is 2.16. The monoisotopic (exact) mass is 360 g/mol. The number of hydrogen-bond donors (Lipinski definition) is 0. The molecule has 0 aliphatic carbocycles. The van der Waals surface area contributed by atoms with Gasteiger partial charge in [0.25, 0.3) is 0 Å². The van der Waals surface area contributed by atoms with E-state index in [-0.39, 0.29) is 16.9 Å². The van der Waals surface area contributed by atoms with Crippen molar-refractivity contribution in [1.82, 2.24) is 0 Å². The van der Waals surface area contributed by atoms with Crippen LogP contribution in [0.2, 0.25) is 0 Å². The van der Waals surface area contributed by atoms with E-state index in [2.05, 4.69) is 0 Å². The summed E-state index contributed by atoms with van der Waals surface area (Å²) in [5.74, 6) is -0.342. The Morgan fingerprint density at radius 1 is 0.958 bits per heavy atom. The molecule has 1 rings (SSSR count). The van der Waals surface area contributed by atoms with Gasteiger partial charge in [0.05, 0.1) is 5.60 Å². The lowest BCUT2D eigenvalue weighted by molar-refractivity contribution is -0.353. The van der Waals surface area contributed by atoms with E-state index in [0.29, 0.717) is 0 Å². The van der Waals surface area contributed by atoms with Gasteiger partial charge in [0, 0.05) is 19.1 Å². The van der Waals surface area contributed by atoms with Crippen LogP contribution in [0.15, 0.2) is 24.3 Å². The van der Waals surface area contributed by atoms with Gasteiger partial charge in [-0.25, -0.2) is 4.39 Å². The zero-order chi connectivity index (χ0) is 19.0. The summed E-state index contributed by atoms with van der Waals surface area (Å²) >= 11 is 0. The molecule has 0 saturated heterocycles. The summed E-state index contributed by atoms with van der Waals surface area (Å²) in [6, 6.07) is 4.70. The molecule has 1 atom stereocenters. The van der Waals surface area contributed by atoms with Crippen LogP contribution in [0.4, 0.5) is 30.7 Å². The Balaban J connectivity index is 3.34. The molecule has 1 unspecified atom stereocenters. The van der Waals surface area contributed by atoms with Crippen molar-refractivity contribution in [2.24, 2.45) is 0 Å². The predicted octanol–water partition coefficient (Wildman–Crippen LogP) is 4.97. The lowest BCUT2D eigenvalue weighted by Gasteiger charge is -2.38. The van der Waals surface area contributed by atoms with Gasteiger partial charge in [-0.15, -0.1) is 0 Å². The summed E-state index contributed by atoms with van der Waals surface area (Å²) in [6.07, 6.45) is -14.3. The smallest absolute Gasteiger partial charge is 0.374 e. The molecule has 0 heterocycles. The molecule has 0 N–H and O–H groups in total. The number of benzene rings is 1. The van der Waals surface area contributed by atoms with Gasteiger partial charge in [0.15, 0.2) is 5.78 Å². The molecule has 0 radical (unpaired) electrons. The van der Waals surface area contributed by atoms with Crippen LogP contribution in [0.25, 0.3) is 0 Å². The molecule has 0 spiro atoms. The Kier molecular flexibility index (Phi) is 5.39. The number of alkyl halides is 7. The molecular weight excluding hydrogens is 345 g/mol. The van der Waals surface area contributed by atoms with Crippen LogP contribution in [0, 0.1) is 0 Å². The second-order valence-corrected chi connectivity index (χ2v) is 5.54. The van der Waals surface area contributed by atoms with Gasteiger partial charge in [0.1, 0.15) is 0 Å². The van der Waals surface area contributed by atoms with Crippen LogP contribution >= 0.6 is 0 Å². The Morgan fingerprint density at radius 3 is 1.67 bits per heavy atom. The van der Waals surface area contributed by atoms with E-state index < -0.39 is 30.0 Å². The van der Waals surface area contributed by atoms with Crippen LogP contribution in [0.5, 0.6) is 0 Å². The molecular formula is C15H15F7O2. The fraction of sp³-hybridized carbons (Fsp3) is 0.533. The van der Waals surface area contributed by atoms with Gasteiger partial charge >= 0.3 is 18.0 Å². The van der Waals surface area contributed by atoms with Gasteiger partial charge in [-0.1, -0.05) is 24.3 Å². The minimum absolute atomic E-state index is 0.120. The first-order valence-corrected chi connectivity index (χ1v) is 6.67. The third kappa shape index (κ3) is 3.71. The molecule has 9 heteroatoms. The normalized spacial score (nSPS) is 15.9. The van der Waals surface area contributed by atoms with Crippen LogP contribution in [0.1, 0.15) is 36.2 Å². The van der Waals surface area contributed by atoms with Crippen LogP contribution in [-0.4, -0.2) is 30.9 Å². The average molecular weight is 360 g/mol. The number of ether oxygens (including phenoxy) is 1. The number of carbonyl (C=O) groups excluding carboxylic acids is 1. The molecule has 2 nitrogen and oxygen atoms in total. The Hall–Kier alpha value is -1.64. The molecule has 1 aromatic carbocycles. The number of carbonyl (C=O) groups is 1. The van der Waals surface area contributed by atoms with E-state index in [4.69, 9.17) is 4.74 Å². The van der Waals surface area contributed by atoms with E-state index >= 15 is 0 Å². The molecule has 0 fully saturated rings. The number of hydrogen-bond acceptors (Lipinski definition) is 2. The average Bonchev–Trinajstić information content (AvgIpc) is 2.44. The van der Waals surface area contributed by atoms with Crippen molar-refractivity contribution in [2.45, 2.75) is 43.9 Å². The minimum Gasteiger partial charge on any atom is -0.374 e. The van der Waals surface area contributed by atoms with Crippen molar-refractivity contribution >= 4 is 5.78 Å². The summed E-state index contributed by atoms with van der Waals surface area (Å²) in [7, 11) is 0.881. The molecule has 0 amide bonds. The molecule has 24 heavy (non-hydrogen) atoms. The summed E-state index contributed by atoms with van der Waals surface area (Å²) in [4.78, 5) is 11.2. The lowest BCUT2D eigenvalue weighted by atomic mass is 9.83. The fourth-order valence-corrected chi connectivity index (χ4v) is 2.18. The highest BCUT2D eigenvalue weighted by atomic mass is 19.4. The van der Waals surface area contributed by atoms with Gasteiger partial charge in [-0.2, -0.15) is 26.3 Å². The molecule has 0 aliphatic heterocycles. The molecule has 0 aliphatic rings. The maximum atomic E-state index is 14.0. The largest absolute Gasteiger partial charge is 0.431 e. The van der Waals surface area contributed by atoms with Crippen molar-refractivity contribution in [1.29, 1.82) is 0 Å². The number of methoxy groups -OCH3 is 1. The number of rotatable bonds is 5. The fourth-order valence-electron chi connectivity index (χ4n) is 2.18. The van der Waals surface area contributed by atoms with Gasteiger partial charge in [0.2, 0.25) is 0 Å². The zero-order valence-corrected chi connectivity index (χ0v) is 13.0. The SMILES string of the molecule is COC(C)(CC(F)(C(F)(F)F)C(F)(F)F)c1ccc(C(C)=O)cc1. The van der Waals surface area contributed by atoms with Crippen LogP contribution in [0.3, 0.4) is 0 Å². The second-order valence-electron chi connectivity index (χ2n) is 5.54. The van der Waals surface area contributed by atoms with Crippen molar-refractivity contribution in [2.75, 3.05) is 7.11 Å². The highest BCUT2D eigenvalue weighted by molar-refractivity contribution is 5.94. The van der Waals surface area contributed by atoms with Crippen LogP contribution in [-0.2, 0) is 10.3 Å². The first-order chi connectivity index (χ1) is 10.7. The standard InChI is InChI=1S/C15H15F7O2/c1-9(23)10-4-6-11(7-5-10)12(2,24-3)8-13(16,14(17,18)19)15(20,21)22/h4-7H,8H2,1-3H3. The highest BCUT2D eigenvalue weighted by Crippen LogP contribution is 2.52. The summed E-state index contributed by atoms with van der Waals surface area (Å²) in [5.41, 5.74) is -7.57. The van der Waals surface area contributed by atoms with Crippen molar-refractivity contribution < 1.29 is 40.3 Å². The molecule has 1 aromatic rings. The summed E-state index contributed by atoms with van der Waals surface area (Å²) in [5, 5.41) is 0. The molecule has 136 valence electrons. The first kappa shape index (κ1) is 20.4. The quantitative estimate of drug-likeness (QED) is 0.547. The van der Waals surface area contributed by atoms with E-state index in [0.717, 1.165) is 26.2 Å². The second kappa shape index (κ2) is 6.34. The number of Topliss-reactive ketones (excluding diaryl/α,β-unsaturated/α-hetero) is 1. The topological polar surface area (TPSA) is 26.3 Å². The Bertz CT molecular complexity index is 575. The molecule has 0 saturated carbocycles. The maximum Gasteiger partial charge on any atom is 0.431 e. The van der Waals surface area contributed by atoms with Crippen molar-refractivity contribution in [3.8, 4) is 0 Å². The third-order valence-corrected chi connectivity index (χ3v) is 3.83. The van der Waals surface area contributed by atoms with E-state index in [1.807, 2.05) is 0 Å². The van der Waals surface area contributed by atoms with E-state index in [1.165, 1.54) is 19.1 Å². The number of halogens is 7. The zero-order valence-electron chi connectivity index (χ0n) is 13.0. The molecule has 0 bridgehead atoms. The van der Waals surface area contributed by atoms with Crippen molar-refractivity contribution in [3.63, 3.8) is 0 Å². The first-order valence-electron chi connectivity index (χ1n) is 6.67. The van der Waals surface area contributed by atoms with Crippen molar-refractivity contribution in [3.05, 3.63) is 35.4 Å². The predicted molar refractivity (Wildman–Crippen MR) is 71.4 cm³/mol. The van der Waals surface area contributed by atoms with Crippen LogP contribution < -0.4 is 0 Å². The third-order valence-electron chi connectivity index (χ3n) is 3.83. The van der Waals surface area contributed by atoms with Gasteiger partial charge in [-0.05, 0) is 19.4 Å². The Morgan fingerprint density at radius 2 is 1.38 bits per heavy atom. The van der Waals surface area contributed by atoms with Gasteiger partial charge in [-0.3, -0.25) is 4.79 Å². The van der Waals surface area contributed by atoms with Gasteiger partial charge < -0.3 is 4.74 Å². The summed E-state index contributed by atoms with van der Waals surface area (Å²) < 4.78 is 95.3. The minimum atomic E-state index is -6.16. The number of ketones is 1.